The van der Waals surface area contributed by atoms with Gasteiger partial charge in [-0.1, -0.05) is 90.7 Å². The Balaban J connectivity index is 3.24. The van der Waals surface area contributed by atoms with Crippen molar-refractivity contribution >= 4 is 5.78 Å². The molecule has 0 heterocycles. The number of unbranched alkanes of at least 4 members (excludes halogenated alkanes) is 11. The van der Waals surface area contributed by atoms with Crippen LogP contribution in [-0.4, -0.2) is 5.78 Å². The maximum Gasteiger partial charge on any atom is 0.135 e. The smallest absolute Gasteiger partial charge is 0.135 e. The van der Waals surface area contributed by atoms with Crippen LogP contribution < -0.4 is 0 Å². The number of carbonyl (C=O) groups is 1. The summed E-state index contributed by atoms with van der Waals surface area (Å²) in [4.78, 5) is 11.9. The first-order valence-electron chi connectivity index (χ1n) is 10.9. The Kier molecular flexibility index (Phi) is 18.3. The number of rotatable bonds is 18. The van der Waals surface area contributed by atoms with Gasteiger partial charge in [0.05, 0.1) is 0 Å². The van der Waals surface area contributed by atoms with Gasteiger partial charge in [-0.15, -0.1) is 0 Å². The van der Waals surface area contributed by atoms with E-state index in [2.05, 4.69) is 32.9 Å². The van der Waals surface area contributed by atoms with Crippen molar-refractivity contribution in [2.24, 2.45) is 5.92 Å². The Morgan fingerprint density at radius 2 is 1.21 bits per heavy atom. The van der Waals surface area contributed by atoms with E-state index in [1.807, 2.05) is 0 Å². The van der Waals surface area contributed by atoms with Crippen molar-refractivity contribution in [1.82, 2.24) is 0 Å². The molecule has 0 aromatic carbocycles. The van der Waals surface area contributed by atoms with Gasteiger partial charge >= 0.3 is 0 Å². The van der Waals surface area contributed by atoms with E-state index in [9.17, 15) is 4.79 Å². The highest BCUT2D eigenvalue weighted by atomic mass is 16.1. The molecule has 0 aliphatic carbocycles. The molecule has 0 aliphatic heterocycles. The molecule has 0 aromatic rings. The van der Waals surface area contributed by atoms with Crippen molar-refractivity contribution in [3.63, 3.8) is 0 Å². The first-order valence-corrected chi connectivity index (χ1v) is 10.9. The quantitative estimate of drug-likeness (QED) is 0.183. The summed E-state index contributed by atoms with van der Waals surface area (Å²) in [7, 11) is 0. The van der Waals surface area contributed by atoms with Crippen molar-refractivity contribution in [1.29, 1.82) is 0 Å². The van der Waals surface area contributed by atoms with Gasteiger partial charge in [0.15, 0.2) is 0 Å². The molecule has 0 amide bonds. The third-order valence-electron chi connectivity index (χ3n) is 4.96. The van der Waals surface area contributed by atoms with Crippen LogP contribution >= 0.6 is 0 Å². The molecule has 0 aliphatic rings. The normalized spacial score (nSPS) is 12.8. The molecule has 0 radical (unpaired) electrons. The molecule has 24 heavy (non-hydrogen) atoms. The molecule has 0 spiro atoms. The van der Waals surface area contributed by atoms with Gasteiger partial charge in [0, 0.05) is 12.3 Å². The molecule has 0 fully saturated rings. The summed E-state index contributed by atoms with van der Waals surface area (Å²) >= 11 is 0. The summed E-state index contributed by atoms with van der Waals surface area (Å²) in [6, 6.07) is 0. The first-order chi connectivity index (χ1) is 11.7. The van der Waals surface area contributed by atoms with E-state index in [0.717, 1.165) is 25.7 Å². The Morgan fingerprint density at radius 3 is 1.75 bits per heavy atom. The zero-order valence-corrected chi connectivity index (χ0v) is 17.0. The van der Waals surface area contributed by atoms with Crippen LogP contribution in [0, 0.1) is 5.92 Å². The van der Waals surface area contributed by atoms with E-state index >= 15 is 0 Å². The van der Waals surface area contributed by atoms with Gasteiger partial charge in [-0.25, -0.2) is 0 Å². The number of carbonyl (C=O) groups excluding carboxylic acids is 1. The van der Waals surface area contributed by atoms with E-state index in [1.54, 1.807) is 0 Å². The topological polar surface area (TPSA) is 17.1 Å². The number of ketones is 1. The van der Waals surface area contributed by atoms with Crippen LogP contribution in [0.5, 0.6) is 0 Å². The predicted molar refractivity (Wildman–Crippen MR) is 109 cm³/mol. The standard InChI is InChI=1S/C23H44O/c1-4-6-7-8-9-10-11-12-13-14-15-16-17-18-19-21-23(24)22(3)20-5-2/h12-13,22H,4-11,14-21H2,1-3H3/b13-12-. The SMILES string of the molecule is CCCCCCCC/C=C\CCCCCCCC(=O)C(C)CCC. The van der Waals surface area contributed by atoms with Crippen molar-refractivity contribution in [3.05, 3.63) is 12.2 Å². The Hall–Kier alpha value is -0.590. The van der Waals surface area contributed by atoms with E-state index < -0.39 is 0 Å². The van der Waals surface area contributed by atoms with Crippen LogP contribution in [0.25, 0.3) is 0 Å². The van der Waals surface area contributed by atoms with Crippen molar-refractivity contribution in [2.75, 3.05) is 0 Å². The lowest BCUT2D eigenvalue weighted by Crippen LogP contribution is -2.10. The van der Waals surface area contributed by atoms with Gasteiger partial charge in [-0.05, 0) is 38.5 Å². The van der Waals surface area contributed by atoms with E-state index in [-0.39, 0.29) is 5.92 Å². The zero-order valence-electron chi connectivity index (χ0n) is 17.0. The molecular weight excluding hydrogens is 292 g/mol. The van der Waals surface area contributed by atoms with Crippen molar-refractivity contribution in [3.8, 4) is 0 Å². The second-order valence-corrected chi connectivity index (χ2v) is 7.49. The first kappa shape index (κ1) is 23.4. The van der Waals surface area contributed by atoms with Crippen LogP contribution in [0.1, 0.15) is 124 Å². The highest BCUT2D eigenvalue weighted by molar-refractivity contribution is 5.80. The van der Waals surface area contributed by atoms with Crippen molar-refractivity contribution < 1.29 is 4.79 Å². The lowest BCUT2D eigenvalue weighted by Gasteiger charge is -2.08. The fourth-order valence-corrected chi connectivity index (χ4v) is 3.21. The number of hydrogen-bond acceptors (Lipinski definition) is 1. The third-order valence-corrected chi connectivity index (χ3v) is 4.96. The minimum absolute atomic E-state index is 0.284. The van der Waals surface area contributed by atoms with Gasteiger partial charge in [-0.2, -0.15) is 0 Å². The second kappa shape index (κ2) is 18.7. The summed E-state index contributed by atoms with van der Waals surface area (Å²) in [5.74, 6) is 0.765. The molecular formula is C23H44O. The molecule has 0 aromatic heterocycles. The number of hydrogen-bond donors (Lipinski definition) is 0. The van der Waals surface area contributed by atoms with Crippen LogP contribution in [0.4, 0.5) is 0 Å². The Morgan fingerprint density at radius 1 is 0.708 bits per heavy atom. The van der Waals surface area contributed by atoms with E-state index in [0.29, 0.717) is 5.78 Å². The largest absolute Gasteiger partial charge is 0.299 e. The summed E-state index contributed by atoms with van der Waals surface area (Å²) in [5, 5.41) is 0. The Labute approximate surface area is 152 Å². The van der Waals surface area contributed by atoms with Gasteiger partial charge < -0.3 is 0 Å². The predicted octanol–water partition coefficient (Wildman–Crippen LogP) is 8.03. The third kappa shape index (κ3) is 16.3. The molecule has 0 bridgehead atoms. The van der Waals surface area contributed by atoms with Crippen LogP contribution in [0.3, 0.4) is 0 Å². The van der Waals surface area contributed by atoms with E-state index in [1.165, 1.54) is 77.0 Å². The summed E-state index contributed by atoms with van der Waals surface area (Å²) in [6.07, 6.45) is 24.9. The number of allylic oxidation sites excluding steroid dienone is 2. The van der Waals surface area contributed by atoms with Gasteiger partial charge in [0.25, 0.3) is 0 Å². The van der Waals surface area contributed by atoms with Gasteiger partial charge in [-0.3, -0.25) is 4.79 Å². The number of Topliss-reactive ketones (excluding diaryl/α,β-unsaturated/α-hetero) is 1. The highest BCUT2D eigenvalue weighted by Gasteiger charge is 2.10. The van der Waals surface area contributed by atoms with Gasteiger partial charge in [0.1, 0.15) is 5.78 Å². The minimum Gasteiger partial charge on any atom is -0.299 e. The second-order valence-electron chi connectivity index (χ2n) is 7.49. The molecule has 0 saturated heterocycles. The van der Waals surface area contributed by atoms with Crippen molar-refractivity contribution in [2.45, 2.75) is 124 Å². The average molecular weight is 337 g/mol. The summed E-state index contributed by atoms with van der Waals surface area (Å²) < 4.78 is 0. The fourth-order valence-electron chi connectivity index (χ4n) is 3.21. The lowest BCUT2D eigenvalue weighted by atomic mass is 9.96. The monoisotopic (exact) mass is 336 g/mol. The maximum absolute atomic E-state index is 11.9. The lowest BCUT2D eigenvalue weighted by molar-refractivity contribution is -0.122. The summed E-state index contributed by atoms with van der Waals surface area (Å²) in [6.45, 7) is 6.52. The molecule has 0 N–H and O–H groups in total. The highest BCUT2D eigenvalue weighted by Crippen LogP contribution is 2.13. The minimum atomic E-state index is 0.284. The van der Waals surface area contributed by atoms with Crippen LogP contribution in [-0.2, 0) is 4.79 Å². The molecule has 0 saturated carbocycles. The fraction of sp³-hybridized carbons (Fsp3) is 0.870. The molecule has 142 valence electrons. The molecule has 1 nitrogen and oxygen atoms in total. The zero-order chi connectivity index (χ0) is 17.9. The average Bonchev–Trinajstić information content (AvgIpc) is 2.58. The molecule has 1 unspecified atom stereocenters. The molecule has 0 rings (SSSR count). The van der Waals surface area contributed by atoms with E-state index in [4.69, 9.17) is 0 Å². The molecule has 1 atom stereocenters. The van der Waals surface area contributed by atoms with Crippen LogP contribution in [0.2, 0.25) is 0 Å². The maximum atomic E-state index is 11.9. The molecule has 1 heteroatoms. The van der Waals surface area contributed by atoms with Gasteiger partial charge in [0.2, 0.25) is 0 Å². The Bertz CT molecular complexity index is 292. The van der Waals surface area contributed by atoms with Crippen LogP contribution in [0.15, 0.2) is 12.2 Å². The summed E-state index contributed by atoms with van der Waals surface area (Å²) in [5.41, 5.74) is 0.